The van der Waals surface area contributed by atoms with Crippen LogP contribution in [-0.2, 0) is 40.1 Å². The molecule has 168 valence electrons. The van der Waals surface area contributed by atoms with E-state index in [0.29, 0.717) is 5.06 Å². The van der Waals surface area contributed by atoms with Crippen molar-refractivity contribution in [3.8, 4) is 0 Å². The third-order valence-corrected chi connectivity index (χ3v) is 4.04. The highest BCUT2D eigenvalue weighted by Gasteiger charge is 2.36. The summed E-state index contributed by atoms with van der Waals surface area (Å²) in [6, 6.07) is 7.70. The molecule has 10 heteroatoms. The van der Waals surface area contributed by atoms with Crippen LogP contribution in [0.3, 0.4) is 0 Å². The quantitative estimate of drug-likeness (QED) is 0.486. The molecule has 1 saturated heterocycles. The number of hydrogen-bond acceptors (Lipinski definition) is 8. The molecular formula is C21H26N2O8. The Kier molecular flexibility index (Phi) is 8.12. The smallest absolute Gasteiger partial charge is 0.408 e. The van der Waals surface area contributed by atoms with Gasteiger partial charge in [0.25, 0.3) is 11.8 Å². The number of esters is 1. The van der Waals surface area contributed by atoms with E-state index in [4.69, 9.17) is 14.3 Å². The number of imide groups is 1. The van der Waals surface area contributed by atoms with Crippen LogP contribution < -0.4 is 5.32 Å². The summed E-state index contributed by atoms with van der Waals surface area (Å²) in [5.41, 5.74) is -0.0293. The molecule has 1 aliphatic heterocycles. The Morgan fingerprint density at radius 1 is 1.06 bits per heavy atom. The van der Waals surface area contributed by atoms with E-state index in [2.05, 4.69) is 5.32 Å². The number of nitrogens with zero attached hydrogens (tertiary/aromatic N) is 1. The second kappa shape index (κ2) is 10.6. The predicted octanol–water partition coefficient (Wildman–Crippen LogP) is 2.01. The Hall–Kier alpha value is -3.43. The molecule has 0 radical (unpaired) electrons. The largest absolute Gasteiger partial charge is 0.461 e. The van der Waals surface area contributed by atoms with Gasteiger partial charge >= 0.3 is 18.0 Å². The maximum Gasteiger partial charge on any atom is 0.408 e. The molecule has 0 saturated carbocycles. The van der Waals surface area contributed by atoms with Gasteiger partial charge in [-0.05, 0) is 32.8 Å². The van der Waals surface area contributed by atoms with Crippen molar-refractivity contribution in [2.45, 2.75) is 64.7 Å². The number of ether oxygens (including phenoxy) is 2. The van der Waals surface area contributed by atoms with E-state index >= 15 is 0 Å². The first-order valence-corrected chi connectivity index (χ1v) is 9.82. The fourth-order valence-corrected chi connectivity index (χ4v) is 2.58. The molecule has 1 heterocycles. The third-order valence-electron chi connectivity index (χ3n) is 4.04. The molecule has 1 aromatic rings. The fraction of sp³-hybridized carbons (Fsp3) is 0.476. The highest BCUT2D eigenvalue weighted by Crippen LogP contribution is 2.15. The first kappa shape index (κ1) is 23.8. The number of rotatable bonds is 8. The van der Waals surface area contributed by atoms with Gasteiger partial charge in [-0.25, -0.2) is 9.59 Å². The van der Waals surface area contributed by atoms with Gasteiger partial charge in [-0.1, -0.05) is 30.3 Å². The number of carbonyl (C=O) groups excluding carboxylic acids is 5. The minimum absolute atomic E-state index is 0.0606. The number of hydrogen-bond donors (Lipinski definition) is 1. The van der Waals surface area contributed by atoms with Gasteiger partial charge in [0.15, 0.2) is 0 Å². The average Bonchev–Trinajstić information content (AvgIpc) is 3.00. The monoisotopic (exact) mass is 434 g/mol. The lowest BCUT2D eigenvalue weighted by Crippen LogP contribution is -2.47. The topological polar surface area (TPSA) is 128 Å². The summed E-state index contributed by atoms with van der Waals surface area (Å²) in [7, 11) is 0. The lowest BCUT2D eigenvalue weighted by molar-refractivity contribution is -0.199. The molecule has 2 rings (SSSR count). The summed E-state index contributed by atoms with van der Waals surface area (Å²) in [4.78, 5) is 64.9. The summed E-state index contributed by atoms with van der Waals surface area (Å²) in [6.07, 6.45) is -1.44. The van der Waals surface area contributed by atoms with E-state index in [0.717, 1.165) is 5.56 Å². The molecule has 10 nitrogen and oxygen atoms in total. The van der Waals surface area contributed by atoms with Crippen LogP contribution in [0.1, 0.15) is 52.0 Å². The van der Waals surface area contributed by atoms with Crippen LogP contribution in [-0.4, -0.2) is 46.6 Å². The van der Waals surface area contributed by atoms with Gasteiger partial charge in [0.1, 0.15) is 18.2 Å². The molecule has 0 aliphatic carbocycles. The molecule has 0 bridgehead atoms. The summed E-state index contributed by atoms with van der Waals surface area (Å²) < 4.78 is 10.3. The molecule has 1 atom stereocenters. The van der Waals surface area contributed by atoms with Crippen molar-refractivity contribution in [2.24, 2.45) is 0 Å². The molecule has 31 heavy (non-hydrogen) atoms. The first-order chi connectivity index (χ1) is 14.5. The van der Waals surface area contributed by atoms with Crippen molar-refractivity contribution >= 4 is 29.8 Å². The van der Waals surface area contributed by atoms with Crippen LogP contribution in [0.4, 0.5) is 4.79 Å². The van der Waals surface area contributed by atoms with E-state index in [1.807, 2.05) is 6.07 Å². The number of amides is 3. The molecule has 1 aliphatic rings. The number of alkyl carbamates (subject to hydrolysis) is 1. The molecule has 1 aromatic carbocycles. The maximum absolute atomic E-state index is 12.5. The van der Waals surface area contributed by atoms with Crippen molar-refractivity contribution in [3.63, 3.8) is 0 Å². The Morgan fingerprint density at radius 2 is 1.68 bits per heavy atom. The van der Waals surface area contributed by atoms with Gasteiger partial charge in [-0.3, -0.25) is 14.4 Å². The predicted molar refractivity (Wildman–Crippen MR) is 106 cm³/mol. The lowest BCUT2D eigenvalue weighted by Gasteiger charge is -2.23. The number of benzene rings is 1. The molecule has 0 spiro atoms. The maximum atomic E-state index is 12.5. The van der Waals surface area contributed by atoms with Gasteiger partial charge in [-0.15, -0.1) is 5.06 Å². The SMILES string of the molecule is CC(C)(C)OC(=O)N[C@H](CCC(=O)OCc1ccccc1)C(=O)ON1C(=O)CCC1=O. The Morgan fingerprint density at radius 3 is 2.26 bits per heavy atom. The minimum atomic E-state index is -1.33. The summed E-state index contributed by atoms with van der Waals surface area (Å²) >= 11 is 0. The van der Waals surface area contributed by atoms with Crippen LogP contribution in [0.25, 0.3) is 0 Å². The van der Waals surface area contributed by atoms with Gasteiger partial charge in [0.05, 0.1) is 0 Å². The van der Waals surface area contributed by atoms with Crippen molar-refractivity contribution in [3.05, 3.63) is 35.9 Å². The second-order valence-electron chi connectivity index (χ2n) is 7.88. The van der Waals surface area contributed by atoms with Gasteiger partial charge in [0, 0.05) is 19.3 Å². The zero-order valence-electron chi connectivity index (χ0n) is 17.7. The number of nitrogens with one attached hydrogen (secondary N) is 1. The summed E-state index contributed by atoms with van der Waals surface area (Å²) in [5.74, 6) is -2.97. The van der Waals surface area contributed by atoms with E-state index in [1.165, 1.54) is 0 Å². The normalized spacial score (nSPS) is 14.7. The lowest BCUT2D eigenvalue weighted by atomic mass is 10.1. The molecule has 1 N–H and O–H groups in total. The van der Waals surface area contributed by atoms with E-state index in [-0.39, 0.29) is 32.3 Å². The van der Waals surface area contributed by atoms with Crippen molar-refractivity contribution in [1.29, 1.82) is 0 Å². The molecule has 1 fully saturated rings. The second-order valence-corrected chi connectivity index (χ2v) is 7.88. The third kappa shape index (κ3) is 8.07. The zero-order valence-corrected chi connectivity index (χ0v) is 17.7. The van der Waals surface area contributed by atoms with Gasteiger partial charge in [0.2, 0.25) is 0 Å². The Balaban J connectivity index is 1.96. The van der Waals surface area contributed by atoms with Crippen molar-refractivity contribution in [2.75, 3.05) is 0 Å². The van der Waals surface area contributed by atoms with Crippen LogP contribution in [0.2, 0.25) is 0 Å². The van der Waals surface area contributed by atoms with E-state index < -0.39 is 41.5 Å². The van der Waals surface area contributed by atoms with Crippen LogP contribution in [0, 0.1) is 0 Å². The Labute approximate surface area is 179 Å². The summed E-state index contributed by atoms with van der Waals surface area (Å²) in [5, 5.41) is 2.69. The molecule has 0 aromatic heterocycles. The highest BCUT2D eigenvalue weighted by atomic mass is 16.7. The summed E-state index contributed by atoms with van der Waals surface area (Å²) in [6.45, 7) is 4.98. The molecule has 0 unspecified atom stereocenters. The number of carbonyl (C=O) groups is 5. The van der Waals surface area contributed by atoms with Crippen LogP contribution >= 0.6 is 0 Å². The highest BCUT2D eigenvalue weighted by molar-refractivity contribution is 6.01. The fourth-order valence-electron chi connectivity index (χ4n) is 2.58. The van der Waals surface area contributed by atoms with Crippen LogP contribution in [0.15, 0.2) is 30.3 Å². The van der Waals surface area contributed by atoms with Gasteiger partial charge in [-0.2, -0.15) is 0 Å². The van der Waals surface area contributed by atoms with Crippen LogP contribution in [0.5, 0.6) is 0 Å². The average molecular weight is 434 g/mol. The van der Waals surface area contributed by atoms with Gasteiger partial charge < -0.3 is 19.6 Å². The molecule has 3 amide bonds. The Bertz CT molecular complexity index is 816. The standard InChI is InChI=1S/C21H26N2O8/c1-21(2,3)30-20(28)22-15(19(27)31-23-16(24)10-11-17(23)25)9-12-18(26)29-13-14-7-5-4-6-8-14/h4-8,15H,9-13H2,1-3H3,(H,22,28)/t15-/m1/s1. The van der Waals surface area contributed by atoms with E-state index in [1.54, 1.807) is 45.0 Å². The first-order valence-electron chi connectivity index (χ1n) is 9.82. The minimum Gasteiger partial charge on any atom is -0.461 e. The van der Waals surface area contributed by atoms with E-state index in [9.17, 15) is 24.0 Å². The molecular weight excluding hydrogens is 408 g/mol. The van der Waals surface area contributed by atoms with Crippen molar-refractivity contribution < 1.29 is 38.3 Å². The number of hydroxylamine groups is 2. The van der Waals surface area contributed by atoms with Crippen molar-refractivity contribution in [1.82, 2.24) is 10.4 Å². The zero-order chi connectivity index (χ0) is 23.0.